The quantitative estimate of drug-likeness (QED) is 0.157. The minimum absolute atomic E-state index is 0. The van der Waals surface area contributed by atoms with Gasteiger partial charge >= 0.3 is 62.5 Å². The van der Waals surface area contributed by atoms with Crippen LogP contribution in [-0.2, 0) is 40.5 Å². The van der Waals surface area contributed by atoms with E-state index in [1.54, 1.807) is 0 Å². The molecule has 0 atom stereocenters. The maximum atomic E-state index is 10.7. The normalized spacial score (nSPS) is 13.6. The van der Waals surface area contributed by atoms with E-state index in [2.05, 4.69) is 0 Å². The summed E-state index contributed by atoms with van der Waals surface area (Å²) in [5.41, 5.74) is -22.1. The van der Waals surface area contributed by atoms with Gasteiger partial charge in [0.05, 0.1) is 0 Å². The van der Waals surface area contributed by atoms with Crippen LogP contribution in [0.2, 0.25) is 0 Å². The molecule has 0 amide bonds. The number of hydrogen-bond acceptors (Lipinski definition) is 8. The molecule has 33 heavy (non-hydrogen) atoms. The van der Waals surface area contributed by atoms with Crippen LogP contribution in [-0.4, -0.2) is 73.9 Å². The summed E-state index contributed by atoms with van der Waals surface area (Å²) >= 11 is 0. The second-order valence-corrected chi connectivity index (χ2v) is 9.34. The molecular weight excluding hydrogens is 769 g/mol. The largest absolute Gasteiger partial charge is 0.522 e. The van der Waals surface area contributed by atoms with E-state index in [9.17, 15) is 52.7 Å². The molecule has 0 radical (unpaired) electrons. The van der Waals surface area contributed by atoms with Crippen molar-refractivity contribution in [2.45, 2.75) is 22.0 Å². The second kappa shape index (κ2) is 13.6. The molecule has 0 aromatic carbocycles. The van der Waals surface area contributed by atoms with Crippen LogP contribution < -0.4 is 0 Å². The Balaban J connectivity index is -0.000000105. The Labute approximate surface area is 212 Å². The molecule has 0 heterocycles. The molecule has 0 fully saturated rings. The summed E-state index contributed by atoms with van der Waals surface area (Å²) in [6.45, 7) is 0. The zero-order chi connectivity index (χ0) is 28.0. The van der Waals surface area contributed by atoms with Gasteiger partial charge in [-0.05, 0) is 0 Å². The molecule has 12 nitrogen and oxygen atoms in total. The second-order valence-electron chi connectivity index (χ2n) is 3.68. The first kappa shape index (κ1) is 43.4. The molecular formula is C4H4F12O12S4Yb. The Kier molecular flexibility index (Phi) is 17.9. The number of alkyl halides is 12. The van der Waals surface area contributed by atoms with Crippen molar-refractivity contribution in [2.24, 2.45) is 0 Å². The van der Waals surface area contributed by atoms with Crippen LogP contribution in [0.4, 0.5) is 52.7 Å². The van der Waals surface area contributed by atoms with Crippen molar-refractivity contribution >= 4 is 40.5 Å². The average Bonchev–Trinajstić information content (AvgIpc) is 2.30. The standard InChI is InChI=1S/4CHF3O3S.Yb/c4*2-1(3,4)8(5,6)7;/h4*(H,5,6,7);. The molecule has 0 saturated carbocycles. The summed E-state index contributed by atoms with van der Waals surface area (Å²) in [7, 11) is -23.4. The van der Waals surface area contributed by atoms with Gasteiger partial charge in [-0.2, -0.15) is 86.4 Å². The van der Waals surface area contributed by atoms with E-state index >= 15 is 0 Å². The molecule has 29 heteroatoms. The van der Waals surface area contributed by atoms with Gasteiger partial charge in [-0.25, -0.2) is 0 Å². The molecule has 0 bridgehead atoms. The molecule has 0 saturated heterocycles. The Morgan fingerprint density at radius 2 is 0.364 bits per heavy atom. The van der Waals surface area contributed by atoms with Gasteiger partial charge in [0.15, 0.2) is 0 Å². The summed E-state index contributed by atoms with van der Waals surface area (Å²) in [5.74, 6) is 0. The Morgan fingerprint density at radius 3 is 0.364 bits per heavy atom. The Hall–Kier alpha value is 0.319. The zero-order valence-electron chi connectivity index (χ0n) is 13.5. The minimum atomic E-state index is -5.84. The van der Waals surface area contributed by atoms with Gasteiger partial charge in [-0.1, -0.05) is 0 Å². The van der Waals surface area contributed by atoms with Gasteiger partial charge in [0.1, 0.15) is 0 Å². The van der Waals surface area contributed by atoms with E-state index in [0.29, 0.717) is 0 Å². The minimum Gasteiger partial charge on any atom is -0.279 e. The average molecular weight is 773 g/mol. The first-order valence-corrected chi connectivity index (χ1v) is 10.9. The monoisotopic (exact) mass is 774 g/mol. The Bertz CT molecular complexity index is 828. The van der Waals surface area contributed by atoms with Crippen LogP contribution in [0.25, 0.3) is 0 Å². The van der Waals surface area contributed by atoms with Crippen LogP contribution in [0.3, 0.4) is 0 Å². The van der Waals surface area contributed by atoms with E-state index in [-0.39, 0.29) is 46.9 Å². The third-order valence-corrected chi connectivity index (χ3v) is 3.51. The maximum absolute atomic E-state index is 10.7. The smallest absolute Gasteiger partial charge is 0.279 e. The third kappa shape index (κ3) is 22.5. The van der Waals surface area contributed by atoms with Crippen molar-refractivity contribution in [3.05, 3.63) is 0 Å². The van der Waals surface area contributed by atoms with Crippen molar-refractivity contribution in [1.82, 2.24) is 0 Å². The third-order valence-electron chi connectivity index (χ3n) is 1.17. The van der Waals surface area contributed by atoms with Crippen molar-refractivity contribution in [1.29, 1.82) is 0 Å². The van der Waals surface area contributed by atoms with Gasteiger partial charge in [0.25, 0.3) is 0 Å². The van der Waals surface area contributed by atoms with Crippen LogP contribution in [0.1, 0.15) is 0 Å². The van der Waals surface area contributed by atoms with Gasteiger partial charge < -0.3 is 0 Å². The predicted molar refractivity (Wildman–Crippen MR) is 70.4 cm³/mol. The molecule has 0 rings (SSSR count). The summed E-state index contributed by atoms with van der Waals surface area (Å²) in [5, 5.41) is 0. The van der Waals surface area contributed by atoms with E-state index in [0.717, 1.165) is 0 Å². The molecule has 0 spiro atoms. The molecule has 0 aromatic rings. The maximum Gasteiger partial charge on any atom is 0.522 e. The first-order valence-electron chi connectivity index (χ1n) is 5.15. The van der Waals surface area contributed by atoms with E-state index < -0.39 is 62.5 Å². The van der Waals surface area contributed by atoms with Crippen molar-refractivity contribution in [3.63, 3.8) is 0 Å². The molecule has 0 unspecified atom stereocenters. The zero-order valence-corrected chi connectivity index (χ0v) is 18.5. The van der Waals surface area contributed by atoms with E-state index in [4.69, 9.17) is 51.9 Å². The van der Waals surface area contributed by atoms with Gasteiger partial charge in [-0.3, -0.25) is 18.2 Å². The van der Waals surface area contributed by atoms with E-state index in [1.807, 2.05) is 0 Å². The summed E-state index contributed by atoms with van der Waals surface area (Å²) in [6.07, 6.45) is 0. The molecule has 0 aromatic heterocycles. The molecule has 214 valence electrons. The van der Waals surface area contributed by atoms with Crippen LogP contribution in [0.5, 0.6) is 0 Å². The van der Waals surface area contributed by atoms with Gasteiger partial charge in [0.2, 0.25) is 0 Å². The van der Waals surface area contributed by atoms with Crippen LogP contribution in [0.15, 0.2) is 0 Å². The summed E-state index contributed by atoms with van der Waals surface area (Å²) in [4.78, 5) is 0. The van der Waals surface area contributed by atoms with Crippen molar-refractivity contribution < 1.29 is 151 Å². The predicted octanol–water partition coefficient (Wildman–Crippen LogP) is 1.58. The van der Waals surface area contributed by atoms with Crippen LogP contribution >= 0.6 is 0 Å². The van der Waals surface area contributed by atoms with Gasteiger partial charge in [-0.15, -0.1) is 0 Å². The van der Waals surface area contributed by atoms with Crippen LogP contribution in [0, 0.1) is 46.9 Å². The Morgan fingerprint density at radius 1 is 0.333 bits per heavy atom. The molecule has 0 aliphatic rings. The topological polar surface area (TPSA) is 217 Å². The molecule has 0 aliphatic heterocycles. The summed E-state index contributed by atoms with van der Waals surface area (Å²) < 4.78 is 230. The fraction of sp³-hybridized carbons (Fsp3) is 1.00. The molecule has 4 N–H and O–H groups in total. The SMILES string of the molecule is O=S(=O)(O)C(F)(F)F.O=S(=O)(O)C(F)(F)F.O=S(=O)(O)C(F)(F)F.O=S(=O)(O)C(F)(F)F.[Yb]. The van der Waals surface area contributed by atoms with Gasteiger partial charge in [0, 0.05) is 46.9 Å². The number of halogens is 12. The fourth-order valence-electron chi connectivity index (χ4n) is 0. The fourth-order valence-corrected chi connectivity index (χ4v) is 0. The number of rotatable bonds is 0. The summed E-state index contributed by atoms with van der Waals surface area (Å²) in [6, 6.07) is 0. The van der Waals surface area contributed by atoms with Crippen molar-refractivity contribution in [2.75, 3.05) is 0 Å². The van der Waals surface area contributed by atoms with Crippen molar-refractivity contribution in [3.8, 4) is 0 Å². The first-order chi connectivity index (χ1) is 13.0. The number of hydrogen-bond donors (Lipinski definition) is 4. The molecule has 0 aliphatic carbocycles. The van der Waals surface area contributed by atoms with E-state index in [1.165, 1.54) is 0 Å².